The Morgan fingerprint density at radius 3 is 2.68 bits per heavy atom. The summed E-state index contributed by atoms with van der Waals surface area (Å²) in [5.74, 6) is -0.622. The summed E-state index contributed by atoms with van der Waals surface area (Å²) in [5.41, 5.74) is 8.39. The van der Waals surface area contributed by atoms with Crippen LogP contribution < -0.4 is 11.2 Å². The second-order valence-electron chi connectivity index (χ2n) is 4.17. The number of non-ortho nitro benzene ring substituents is 1. The zero-order valence-corrected chi connectivity index (χ0v) is 11.3. The van der Waals surface area contributed by atoms with E-state index in [4.69, 9.17) is 5.73 Å². The maximum absolute atomic E-state index is 13.5. The molecular formula is C14H12FN5O2. The van der Waals surface area contributed by atoms with Gasteiger partial charge in [0.05, 0.1) is 16.8 Å². The first kappa shape index (κ1) is 15.1. The van der Waals surface area contributed by atoms with E-state index in [1.807, 2.05) is 6.07 Å². The second kappa shape index (κ2) is 6.93. The molecule has 0 aliphatic carbocycles. The van der Waals surface area contributed by atoms with E-state index in [-0.39, 0.29) is 17.2 Å². The Kier molecular flexibility index (Phi) is 4.76. The number of nitro benzene ring substituents is 1. The summed E-state index contributed by atoms with van der Waals surface area (Å²) in [6, 6.07) is 12.1. The zero-order valence-electron chi connectivity index (χ0n) is 11.3. The molecule has 0 aliphatic heterocycles. The highest BCUT2D eigenvalue weighted by Crippen LogP contribution is 2.15. The maximum atomic E-state index is 13.5. The van der Waals surface area contributed by atoms with Crippen molar-refractivity contribution in [2.45, 2.75) is 0 Å². The van der Waals surface area contributed by atoms with E-state index in [9.17, 15) is 14.5 Å². The predicted molar refractivity (Wildman–Crippen MR) is 81.5 cm³/mol. The van der Waals surface area contributed by atoms with Crippen LogP contribution in [0.15, 0.2) is 58.6 Å². The minimum absolute atomic E-state index is 0.00768. The lowest BCUT2D eigenvalue weighted by Gasteiger charge is -2.00. The molecule has 0 bridgehead atoms. The number of nitrogens with two attached hydrogens (primary N) is 1. The molecule has 3 N–H and O–H groups in total. The molecule has 0 spiro atoms. The van der Waals surface area contributed by atoms with Crippen LogP contribution in [0, 0.1) is 15.9 Å². The van der Waals surface area contributed by atoms with Crippen molar-refractivity contribution in [2.75, 3.05) is 0 Å². The van der Waals surface area contributed by atoms with Crippen LogP contribution in [0.5, 0.6) is 0 Å². The summed E-state index contributed by atoms with van der Waals surface area (Å²) >= 11 is 0. The largest absolute Gasteiger partial charge is 0.368 e. The third-order valence-corrected chi connectivity index (χ3v) is 2.58. The number of guanidine groups is 1. The minimum Gasteiger partial charge on any atom is -0.368 e. The molecule has 0 saturated heterocycles. The van der Waals surface area contributed by atoms with E-state index in [1.54, 1.807) is 24.3 Å². The van der Waals surface area contributed by atoms with E-state index < -0.39 is 10.7 Å². The van der Waals surface area contributed by atoms with Crippen LogP contribution in [-0.2, 0) is 0 Å². The maximum Gasteiger partial charge on any atom is 0.270 e. The van der Waals surface area contributed by atoms with Crippen molar-refractivity contribution < 1.29 is 9.31 Å². The van der Waals surface area contributed by atoms with Gasteiger partial charge in [0.2, 0.25) is 5.96 Å². The number of hydrogen-bond acceptors (Lipinski definition) is 4. The number of nitro groups is 1. The van der Waals surface area contributed by atoms with Gasteiger partial charge in [0.15, 0.2) is 0 Å². The van der Waals surface area contributed by atoms with Gasteiger partial charge in [0.25, 0.3) is 5.69 Å². The van der Waals surface area contributed by atoms with Crippen molar-refractivity contribution in [3.63, 3.8) is 0 Å². The van der Waals surface area contributed by atoms with E-state index in [0.29, 0.717) is 5.69 Å². The van der Waals surface area contributed by atoms with Gasteiger partial charge in [-0.15, -0.1) is 0 Å². The fourth-order valence-corrected chi connectivity index (χ4v) is 1.58. The Morgan fingerprint density at radius 1 is 1.27 bits per heavy atom. The van der Waals surface area contributed by atoms with Crippen molar-refractivity contribution in [2.24, 2.45) is 15.8 Å². The molecule has 0 heterocycles. The number of benzene rings is 2. The van der Waals surface area contributed by atoms with Gasteiger partial charge < -0.3 is 5.73 Å². The number of para-hydroxylation sites is 1. The molecule has 112 valence electrons. The van der Waals surface area contributed by atoms with Crippen molar-refractivity contribution in [3.8, 4) is 0 Å². The molecular weight excluding hydrogens is 289 g/mol. The second-order valence-corrected chi connectivity index (χ2v) is 4.17. The third kappa shape index (κ3) is 4.10. The van der Waals surface area contributed by atoms with E-state index in [2.05, 4.69) is 15.5 Å². The normalized spacial score (nSPS) is 11.6. The summed E-state index contributed by atoms with van der Waals surface area (Å²) < 4.78 is 13.5. The topological polar surface area (TPSA) is 106 Å². The Hall–Kier alpha value is -3.29. The molecule has 22 heavy (non-hydrogen) atoms. The number of rotatable bonds is 4. The van der Waals surface area contributed by atoms with Crippen LogP contribution in [0.25, 0.3) is 0 Å². The number of aliphatic imine (C=N–C) groups is 1. The van der Waals surface area contributed by atoms with Gasteiger partial charge in [-0.25, -0.2) is 14.8 Å². The van der Waals surface area contributed by atoms with Gasteiger partial charge in [-0.3, -0.25) is 10.1 Å². The van der Waals surface area contributed by atoms with Gasteiger partial charge in [0, 0.05) is 17.7 Å². The SMILES string of the molecule is NC(=Nc1ccccc1)N/N=C/c1cc([N+](=O)[O-])ccc1F. The van der Waals surface area contributed by atoms with Crippen LogP contribution >= 0.6 is 0 Å². The highest BCUT2D eigenvalue weighted by Gasteiger charge is 2.09. The van der Waals surface area contributed by atoms with Crippen molar-refractivity contribution in [1.29, 1.82) is 0 Å². The Bertz CT molecular complexity index is 731. The molecule has 8 heteroatoms. The fraction of sp³-hybridized carbons (Fsp3) is 0. The molecule has 0 atom stereocenters. The average Bonchev–Trinajstić information content (AvgIpc) is 2.50. The van der Waals surface area contributed by atoms with Crippen LogP contribution in [-0.4, -0.2) is 17.1 Å². The lowest BCUT2D eigenvalue weighted by Crippen LogP contribution is -2.26. The van der Waals surface area contributed by atoms with Gasteiger partial charge in [-0.05, 0) is 18.2 Å². The Labute approximate surface area is 125 Å². The molecule has 0 aliphatic rings. The monoisotopic (exact) mass is 301 g/mol. The highest BCUT2D eigenvalue weighted by atomic mass is 19.1. The van der Waals surface area contributed by atoms with Crippen LogP contribution in [0.3, 0.4) is 0 Å². The van der Waals surface area contributed by atoms with Crippen LogP contribution in [0.2, 0.25) is 0 Å². The first-order chi connectivity index (χ1) is 10.6. The molecule has 7 nitrogen and oxygen atoms in total. The Balaban J connectivity index is 2.08. The van der Waals surface area contributed by atoms with Crippen LogP contribution in [0.1, 0.15) is 5.56 Å². The lowest BCUT2D eigenvalue weighted by molar-refractivity contribution is -0.384. The van der Waals surface area contributed by atoms with E-state index in [1.165, 1.54) is 0 Å². The number of nitrogens with zero attached hydrogens (tertiary/aromatic N) is 3. The molecule has 2 aromatic rings. The lowest BCUT2D eigenvalue weighted by atomic mass is 10.2. The number of hydrazone groups is 1. The average molecular weight is 301 g/mol. The summed E-state index contributed by atoms with van der Waals surface area (Å²) in [4.78, 5) is 14.0. The quantitative estimate of drug-likeness (QED) is 0.391. The van der Waals surface area contributed by atoms with E-state index in [0.717, 1.165) is 24.4 Å². The minimum atomic E-state index is -0.630. The summed E-state index contributed by atoms with van der Waals surface area (Å²) in [7, 11) is 0. The molecule has 0 saturated carbocycles. The summed E-state index contributed by atoms with van der Waals surface area (Å²) in [6.45, 7) is 0. The molecule has 0 amide bonds. The molecule has 2 aromatic carbocycles. The van der Waals surface area contributed by atoms with Crippen molar-refractivity contribution >= 4 is 23.5 Å². The van der Waals surface area contributed by atoms with Gasteiger partial charge in [0.1, 0.15) is 5.82 Å². The number of halogens is 1. The first-order valence-corrected chi connectivity index (χ1v) is 6.18. The highest BCUT2D eigenvalue weighted by molar-refractivity contribution is 5.85. The Morgan fingerprint density at radius 2 is 2.00 bits per heavy atom. The van der Waals surface area contributed by atoms with Gasteiger partial charge >= 0.3 is 0 Å². The first-order valence-electron chi connectivity index (χ1n) is 6.18. The standard InChI is InChI=1S/C14H12FN5O2/c15-13-7-6-12(20(21)22)8-10(13)9-17-19-14(16)18-11-4-2-1-3-5-11/h1-9H,(H3,16,18,19)/b17-9+. The molecule has 0 fully saturated rings. The molecule has 2 rings (SSSR count). The predicted octanol–water partition coefficient (Wildman–Crippen LogP) is 2.30. The number of hydrogen-bond donors (Lipinski definition) is 2. The van der Waals surface area contributed by atoms with Crippen molar-refractivity contribution in [3.05, 3.63) is 70.0 Å². The zero-order chi connectivity index (χ0) is 15.9. The smallest absolute Gasteiger partial charge is 0.270 e. The molecule has 0 unspecified atom stereocenters. The number of nitrogens with one attached hydrogen (secondary N) is 1. The molecule has 0 aromatic heterocycles. The summed E-state index contributed by atoms with van der Waals surface area (Å²) in [5, 5.41) is 14.3. The fourth-order valence-electron chi connectivity index (χ4n) is 1.58. The summed E-state index contributed by atoms with van der Waals surface area (Å²) in [6.07, 6.45) is 1.09. The van der Waals surface area contributed by atoms with Crippen molar-refractivity contribution in [1.82, 2.24) is 5.43 Å². The van der Waals surface area contributed by atoms with Crippen LogP contribution in [0.4, 0.5) is 15.8 Å². The van der Waals surface area contributed by atoms with Gasteiger partial charge in [-0.2, -0.15) is 5.10 Å². The molecule has 0 radical (unpaired) electrons. The van der Waals surface area contributed by atoms with E-state index >= 15 is 0 Å². The van der Waals surface area contributed by atoms with Gasteiger partial charge in [-0.1, -0.05) is 18.2 Å². The third-order valence-electron chi connectivity index (χ3n) is 2.58.